The summed E-state index contributed by atoms with van der Waals surface area (Å²) in [6, 6.07) is 23.7. The molecule has 4 aromatic rings. The standard InChI is InChI=1S/C28H29N3O4S2/c1-5-35-27(32)19-31(37-23-16-12-21(34-4)13-17-23)26-18-29-28(25-9-7-6-8-24(25)26)30(2)36-22-14-10-20(33-3)11-15-22/h6-18H,5,19H2,1-4H3. The van der Waals surface area contributed by atoms with E-state index in [1.165, 1.54) is 11.9 Å². The Morgan fingerprint density at radius 3 is 1.97 bits per heavy atom. The molecule has 3 aromatic carbocycles. The fourth-order valence-electron chi connectivity index (χ4n) is 3.70. The van der Waals surface area contributed by atoms with Crippen LogP contribution in [0.4, 0.5) is 11.5 Å². The van der Waals surface area contributed by atoms with Gasteiger partial charge in [-0.25, -0.2) is 4.98 Å². The van der Waals surface area contributed by atoms with Crippen LogP contribution in [0.5, 0.6) is 11.5 Å². The van der Waals surface area contributed by atoms with Crippen molar-refractivity contribution in [3.63, 3.8) is 0 Å². The number of hydrogen-bond donors (Lipinski definition) is 0. The smallest absolute Gasteiger partial charge is 0.326 e. The molecule has 0 aliphatic carbocycles. The van der Waals surface area contributed by atoms with Gasteiger partial charge in [-0.2, -0.15) is 0 Å². The number of aromatic nitrogens is 1. The zero-order valence-electron chi connectivity index (χ0n) is 21.2. The van der Waals surface area contributed by atoms with Gasteiger partial charge in [0.25, 0.3) is 0 Å². The lowest BCUT2D eigenvalue weighted by Gasteiger charge is -2.26. The van der Waals surface area contributed by atoms with Crippen molar-refractivity contribution in [1.29, 1.82) is 0 Å². The second-order valence-electron chi connectivity index (χ2n) is 7.89. The van der Waals surface area contributed by atoms with Gasteiger partial charge in [0.1, 0.15) is 23.9 Å². The average Bonchev–Trinajstić information content (AvgIpc) is 2.93. The zero-order chi connectivity index (χ0) is 26.2. The number of carbonyl (C=O) groups is 1. The number of pyridine rings is 1. The normalized spacial score (nSPS) is 10.7. The lowest BCUT2D eigenvalue weighted by molar-refractivity contribution is -0.141. The monoisotopic (exact) mass is 535 g/mol. The van der Waals surface area contributed by atoms with Crippen molar-refractivity contribution in [3.8, 4) is 11.5 Å². The molecule has 9 heteroatoms. The first kappa shape index (κ1) is 26.5. The van der Waals surface area contributed by atoms with E-state index in [-0.39, 0.29) is 12.5 Å². The molecule has 4 rings (SSSR count). The highest BCUT2D eigenvalue weighted by atomic mass is 32.2. The van der Waals surface area contributed by atoms with E-state index in [1.54, 1.807) is 33.1 Å². The summed E-state index contributed by atoms with van der Waals surface area (Å²) in [6.07, 6.45) is 1.82. The molecule has 0 amide bonds. The first-order valence-electron chi connectivity index (χ1n) is 11.7. The molecule has 0 fully saturated rings. The molecule has 0 saturated heterocycles. The van der Waals surface area contributed by atoms with Crippen LogP contribution in [0.25, 0.3) is 10.8 Å². The molecule has 0 aliphatic rings. The third-order valence-corrected chi connectivity index (χ3v) is 7.43. The Balaban J connectivity index is 1.68. The minimum absolute atomic E-state index is 0.0754. The first-order valence-corrected chi connectivity index (χ1v) is 13.3. The highest BCUT2D eigenvalue weighted by molar-refractivity contribution is 8.01. The van der Waals surface area contributed by atoms with E-state index >= 15 is 0 Å². The van der Waals surface area contributed by atoms with E-state index in [4.69, 9.17) is 19.2 Å². The second kappa shape index (κ2) is 12.6. The number of nitrogens with zero attached hydrogens (tertiary/aromatic N) is 3. The Hall–Kier alpha value is -3.56. The van der Waals surface area contributed by atoms with Gasteiger partial charge in [0.15, 0.2) is 0 Å². The average molecular weight is 536 g/mol. The molecule has 0 radical (unpaired) electrons. The maximum atomic E-state index is 12.5. The van der Waals surface area contributed by atoms with Crippen molar-refractivity contribution in [2.24, 2.45) is 0 Å². The van der Waals surface area contributed by atoms with Gasteiger partial charge in [-0.1, -0.05) is 24.3 Å². The molecule has 0 unspecified atom stereocenters. The van der Waals surface area contributed by atoms with Gasteiger partial charge in [0, 0.05) is 27.6 Å². The minimum atomic E-state index is -0.302. The molecule has 1 aromatic heterocycles. The molecule has 0 aliphatic heterocycles. The largest absolute Gasteiger partial charge is 0.497 e. The molecule has 0 bridgehead atoms. The fourth-order valence-corrected chi connectivity index (χ4v) is 5.44. The van der Waals surface area contributed by atoms with Crippen molar-refractivity contribution in [3.05, 3.63) is 79.0 Å². The third-order valence-electron chi connectivity index (χ3n) is 5.47. The van der Waals surface area contributed by atoms with Crippen LogP contribution in [0.15, 0.2) is 88.8 Å². The second-order valence-corrected chi connectivity index (χ2v) is 10.2. The van der Waals surface area contributed by atoms with Crippen LogP contribution < -0.4 is 18.1 Å². The molecule has 0 saturated carbocycles. The Kier molecular flexibility index (Phi) is 9.03. The third kappa shape index (κ3) is 6.61. The van der Waals surface area contributed by atoms with Crippen molar-refractivity contribution in [2.45, 2.75) is 16.7 Å². The molecule has 7 nitrogen and oxygen atoms in total. The number of fused-ring (bicyclic) bond motifs is 1. The molecule has 0 spiro atoms. The summed E-state index contributed by atoms with van der Waals surface area (Å²) in [4.78, 5) is 19.4. The molecular formula is C28H29N3O4S2. The maximum absolute atomic E-state index is 12.5. The summed E-state index contributed by atoms with van der Waals surface area (Å²) in [5.41, 5.74) is 0.830. The van der Waals surface area contributed by atoms with Crippen LogP contribution in [0.3, 0.4) is 0 Å². The van der Waals surface area contributed by atoms with E-state index < -0.39 is 0 Å². The Morgan fingerprint density at radius 2 is 1.41 bits per heavy atom. The summed E-state index contributed by atoms with van der Waals surface area (Å²) in [5, 5.41) is 1.97. The van der Waals surface area contributed by atoms with Crippen LogP contribution in [0.2, 0.25) is 0 Å². The van der Waals surface area contributed by atoms with Crippen molar-refractivity contribution >= 4 is 52.1 Å². The molecule has 192 valence electrons. The highest BCUT2D eigenvalue weighted by Gasteiger charge is 2.20. The number of methoxy groups -OCH3 is 2. The molecule has 1 heterocycles. The van der Waals surface area contributed by atoms with Crippen LogP contribution >= 0.6 is 23.9 Å². The predicted molar refractivity (Wildman–Crippen MR) is 152 cm³/mol. The van der Waals surface area contributed by atoms with Crippen molar-refractivity contribution < 1.29 is 19.0 Å². The minimum Gasteiger partial charge on any atom is -0.497 e. The van der Waals surface area contributed by atoms with Gasteiger partial charge >= 0.3 is 5.97 Å². The molecular weight excluding hydrogens is 506 g/mol. The number of rotatable bonds is 11. The quantitative estimate of drug-likeness (QED) is 0.159. The number of anilines is 2. The van der Waals surface area contributed by atoms with Crippen LogP contribution in [0, 0.1) is 0 Å². The molecule has 0 atom stereocenters. The predicted octanol–water partition coefficient (Wildman–Crippen LogP) is 6.47. The topological polar surface area (TPSA) is 64.1 Å². The van der Waals surface area contributed by atoms with Gasteiger partial charge in [0.05, 0.1) is 32.7 Å². The Morgan fingerprint density at radius 1 is 0.838 bits per heavy atom. The van der Waals surface area contributed by atoms with Crippen LogP contribution in [-0.4, -0.2) is 45.4 Å². The van der Waals surface area contributed by atoms with Gasteiger partial charge in [-0.05, 0) is 79.4 Å². The number of ether oxygens (including phenoxy) is 3. The number of hydrogen-bond acceptors (Lipinski definition) is 9. The number of esters is 1. The summed E-state index contributed by atoms with van der Waals surface area (Å²) in [7, 11) is 5.29. The lowest BCUT2D eigenvalue weighted by atomic mass is 10.1. The zero-order valence-corrected chi connectivity index (χ0v) is 22.8. The van der Waals surface area contributed by atoms with Gasteiger partial charge in [-0.15, -0.1) is 0 Å². The first-order chi connectivity index (χ1) is 18.0. The summed E-state index contributed by atoms with van der Waals surface area (Å²) in [6.45, 7) is 2.21. The van der Waals surface area contributed by atoms with Crippen molar-refractivity contribution in [2.75, 3.05) is 43.0 Å². The number of benzene rings is 3. The Bertz CT molecular complexity index is 1330. The fraction of sp³-hybridized carbons (Fsp3) is 0.214. The maximum Gasteiger partial charge on any atom is 0.326 e. The van der Waals surface area contributed by atoms with E-state index in [9.17, 15) is 4.79 Å². The Labute approximate surface area is 226 Å². The van der Waals surface area contributed by atoms with Crippen molar-refractivity contribution in [1.82, 2.24) is 4.98 Å². The van der Waals surface area contributed by atoms with E-state index in [2.05, 4.69) is 6.07 Å². The molecule has 37 heavy (non-hydrogen) atoms. The van der Waals surface area contributed by atoms with Gasteiger partial charge in [-0.3, -0.25) is 13.4 Å². The van der Waals surface area contributed by atoms with E-state index in [0.29, 0.717) is 6.61 Å². The summed E-state index contributed by atoms with van der Waals surface area (Å²) >= 11 is 3.04. The van der Waals surface area contributed by atoms with Crippen LogP contribution in [-0.2, 0) is 9.53 Å². The SMILES string of the molecule is CCOC(=O)CN(Sc1ccc(OC)cc1)c1cnc(N(C)Sc2ccc(OC)cc2)c2ccccc12. The van der Waals surface area contributed by atoms with Gasteiger partial charge in [0.2, 0.25) is 0 Å². The van der Waals surface area contributed by atoms with E-state index in [0.717, 1.165) is 43.6 Å². The lowest BCUT2D eigenvalue weighted by Crippen LogP contribution is -2.25. The summed E-state index contributed by atoms with van der Waals surface area (Å²) < 4.78 is 19.8. The van der Waals surface area contributed by atoms with E-state index in [1.807, 2.05) is 88.6 Å². The van der Waals surface area contributed by atoms with Gasteiger partial charge < -0.3 is 14.2 Å². The highest BCUT2D eigenvalue weighted by Crippen LogP contribution is 2.39. The number of carbonyl (C=O) groups excluding carboxylic acids is 1. The molecule has 0 N–H and O–H groups in total. The summed E-state index contributed by atoms with van der Waals surface area (Å²) in [5.74, 6) is 2.11. The van der Waals surface area contributed by atoms with Crippen LogP contribution in [0.1, 0.15) is 6.92 Å².